The van der Waals surface area contributed by atoms with Gasteiger partial charge in [0, 0.05) is 5.69 Å². The van der Waals surface area contributed by atoms with Gasteiger partial charge in [-0.15, -0.1) is 0 Å². The highest BCUT2D eigenvalue weighted by Gasteiger charge is 2.35. The van der Waals surface area contributed by atoms with Gasteiger partial charge in [0.15, 0.2) is 5.11 Å². The molecular formula is C18H15Cl3F3N3OS. The van der Waals surface area contributed by atoms with E-state index in [1.807, 2.05) is 6.07 Å². The van der Waals surface area contributed by atoms with Crippen LogP contribution in [0.15, 0.2) is 54.6 Å². The van der Waals surface area contributed by atoms with Crippen LogP contribution in [0, 0.1) is 0 Å². The number of carbonyl (C=O) groups is 1. The maximum atomic E-state index is 12.8. The third-order valence-electron chi connectivity index (χ3n) is 3.56. The van der Waals surface area contributed by atoms with E-state index in [9.17, 15) is 18.0 Å². The van der Waals surface area contributed by atoms with Crippen LogP contribution in [0.1, 0.15) is 11.1 Å². The Bertz CT molecular complexity index is 861. The van der Waals surface area contributed by atoms with E-state index < -0.39 is 27.6 Å². The number of amides is 1. The summed E-state index contributed by atoms with van der Waals surface area (Å²) in [4.78, 5) is 12.2. The molecule has 0 aliphatic carbocycles. The number of alkyl halides is 6. The van der Waals surface area contributed by atoms with Crippen LogP contribution < -0.4 is 16.0 Å². The Morgan fingerprint density at radius 1 is 1.00 bits per heavy atom. The van der Waals surface area contributed by atoms with E-state index in [-0.39, 0.29) is 17.2 Å². The van der Waals surface area contributed by atoms with Crippen molar-refractivity contribution in [2.75, 3.05) is 5.32 Å². The van der Waals surface area contributed by atoms with E-state index in [0.717, 1.165) is 17.7 Å². The molecule has 1 amide bonds. The monoisotopic (exact) mass is 483 g/mol. The van der Waals surface area contributed by atoms with Crippen molar-refractivity contribution >= 4 is 63.7 Å². The fraction of sp³-hybridized carbons (Fsp3) is 0.222. The van der Waals surface area contributed by atoms with Gasteiger partial charge in [-0.25, -0.2) is 0 Å². The number of nitrogens with one attached hydrogen (secondary N) is 3. The zero-order valence-electron chi connectivity index (χ0n) is 14.6. The Labute approximate surface area is 185 Å². The molecular weight excluding hydrogens is 470 g/mol. The molecule has 0 saturated heterocycles. The standard InChI is InChI=1S/C18H15Cl3F3N3OS/c19-17(20,21)15(26-14(28)9-11-5-2-1-3-6-11)27-16(29)25-13-8-4-7-12(10-13)18(22,23)24/h1-8,10,15H,9H2,(H,26,28)(H2,25,27,29). The molecule has 2 aromatic rings. The fourth-order valence-corrected chi connectivity index (χ4v) is 2.83. The molecule has 4 nitrogen and oxygen atoms in total. The van der Waals surface area contributed by atoms with Gasteiger partial charge in [-0.3, -0.25) is 4.79 Å². The van der Waals surface area contributed by atoms with E-state index in [1.165, 1.54) is 12.1 Å². The molecule has 0 aliphatic heterocycles. The lowest BCUT2D eigenvalue weighted by Crippen LogP contribution is -2.56. The molecule has 0 radical (unpaired) electrons. The molecule has 2 rings (SSSR count). The molecule has 29 heavy (non-hydrogen) atoms. The first-order valence-corrected chi connectivity index (χ1v) is 9.64. The van der Waals surface area contributed by atoms with Crippen LogP contribution in [0.5, 0.6) is 0 Å². The average Bonchev–Trinajstić information content (AvgIpc) is 2.60. The minimum Gasteiger partial charge on any atom is -0.339 e. The second-order valence-electron chi connectivity index (χ2n) is 5.88. The number of hydrogen-bond acceptors (Lipinski definition) is 2. The Kier molecular flexibility index (Phi) is 7.99. The van der Waals surface area contributed by atoms with Crippen molar-refractivity contribution < 1.29 is 18.0 Å². The Balaban J connectivity index is 2.02. The van der Waals surface area contributed by atoms with Crippen LogP contribution in [0.4, 0.5) is 18.9 Å². The summed E-state index contributed by atoms with van der Waals surface area (Å²) in [7, 11) is 0. The van der Waals surface area contributed by atoms with Crippen molar-refractivity contribution in [2.45, 2.75) is 22.6 Å². The summed E-state index contributed by atoms with van der Waals surface area (Å²) in [6, 6.07) is 13.3. The van der Waals surface area contributed by atoms with Crippen molar-refractivity contribution in [1.29, 1.82) is 0 Å². The fourth-order valence-electron chi connectivity index (χ4n) is 2.26. The topological polar surface area (TPSA) is 53.2 Å². The van der Waals surface area contributed by atoms with Crippen LogP contribution in [-0.4, -0.2) is 21.0 Å². The van der Waals surface area contributed by atoms with Crippen LogP contribution in [0.25, 0.3) is 0 Å². The Hall–Kier alpha value is -1.74. The predicted octanol–water partition coefficient (Wildman–Crippen LogP) is 5.05. The van der Waals surface area contributed by atoms with Gasteiger partial charge < -0.3 is 16.0 Å². The highest BCUT2D eigenvalue weighted by molar-refractivity contribution is 7.80. The minimum atomic E-state index is -4.50. The van der Waals surface area contributed by atoms with Gasteiger partial charge >= 0.3 is 6.18 Å². The predicted molar refractivity (Wildman–Crippen MR) is 113 cm³/mol. The quantitative estimate of drug-likeness (QED) is 0.316. The lowest BCUT2D eigenvalue weighted by atomic mass is 10.1. The van der Waals surface area contributed by atoms with Gasteiger partial charge in [-0.1, -0.05) is 71.2 Å². The lowest BCUT2D eigenvalue weighted by Gasteiger charge is -2.28. The number of thiocarbonyl (C=S) groups is 1. The van der Waals surface area contributed by atoms with Crippen LogP contribution in [0.2, 0.25) is 0 Å². The van der Waals surface area contributed by atoms with Gasteiger partial charge in [-0.05, 0) is 36.0 Å². The van der Waals surface area contributed by atoms with Gasteiger partial charge in [0.2, 0.25) is 9.70 Å². The molecule has 0 heterocycles. The molecule has 2 aromatic carbocycles. The molecule has 1 atom stereocenters. The zero-order valence-corrected chi connectivity index (χ0v) is 17.6. The summed E-state index contributed by atoms with van der Waals surface area (Å²) in [6.45, 7) is 0. The molecule has 3 N–H and O–H groups in total. The summed E-state index contributed by atoms with van der Waals surface area (Å²) < 4.78 is 36.5. The number of benzene rings is 2. The molecule has 0 saturated carbocycles. The second kappa shape index (κ2) is 9.84. The molecule has 0 spiro atoms. The summed E-state index contributed by atoms with van der Waals surface area (Å²) >= 11 is 22.8. The number of hydrogen-bond donors (Lipinski definition) is 3. The number of anilines is 1. The Morgan fingerprint density at radius 2 is 1.66 bits per heavy atom. The first kappa shape index (κ1) is 23.5. The summed E-state index contributed by atoms with van der Waals surface area (Å²) in [6.07, 6.45) is -5.69. The number of carbonyl (C=O) groups excluding carboxylic acids is 1. The Morgan fingerprint density at radius 3 is 2.24 bits per heavy atom. The van der Waals surface area contributed by atoms with Crippen molar-refractivity contribution in [3.05, 3.63) is 65.7 Å². The van der Waals surface area contributed by atoms with E-state index >= 15 is 0 Å². The highest BCUT2D eigenvalue weighted by atomic mass is 35.6. The zero-order chi connectivity index (χ0) is 21.7. The van der Waals surface area contributed by atoms with Crippen LogP contribution in [-0.2, 0) is 17.4 Å². The van der Waals surface area contributed by atoms with E-state index in [0.29, 0.717) is 0 Å². The molecule has 11 heteroatoms. The lowest BCUT2D eigenvalue weighted by molar-refractivity contribution is -0.137. The molecule has 156 valence electrons. The SMILES string of the molecule is O=C(Cc1ccccc1)NC(NC(=S)Nc1cccc(C(F)(F)F)c1)C(Cl)(Cl)Cl. The highest BCUT2D eigenvalue weighted by Crippen LogP contribution is 2.31. The van der Waals surface area contributed by atoms with Crippen molar-refractivity contribution in [3.8, 4) is 0 Å². The normalized spacial score (nSPS) is 12.8. The van der Waals surface area contributed by atoms with Gasteiger partial charge in [0.25, 0.3) is 0 Å². The summed E-state index contributed by atoms with van der Waals surface area (Å²) in [5, 5.41) is 7.53. The molecule has 0 fully saturated rings. The largest absolute Gasteiger partial charge is 0.416 e. The van der Waals surface area contributed by atoms with Crippen molar-refractivity contribution in [1.82, 2.24) is 10.6 Å². The maximum Gasteiger partial charge on any atom is 0.416 e. The van der Waals surface area contributed by atoms with Gasteiger partial charge in [0.1, 0.15) is 6.17 Å². The molecule has 1 unspecified atom stereocenters. The van der Waals surface area contributed by atoms with Crippen LogP contribution in [0.3, 0.4) is 0 Å². The van der Waals surface area contributed by atoms with Crippen LogP contribution >= 0.6 is 47.0 Å². The number of rotatable bonds is 5. The second-order valence-corrected chi connectivity index (χ2v) is 8.66. The maximum absolute atomic E-state index is 12.8. The van der Waals surface area contributed by atoms with Gasteiger partial charge in [0.05, 0.1) is 12.0 Å². The number of halogens is 6. The summed E-state index contributed by atoms with van der Waals surface area (Å²) in [5.41, 5.74) is -0.0203. The average molecular weight is 485 g/mol. The third-order valence-corrected chi connectivity index (χ3v) is 4.44. The van der Waals surface area contributed by atoms with Gasteiger partial charge in [-0.2, -0.15) is 13.2 Å². The third kappa shape index (κ3) is 7.89. The van der Waals surface area contributed by atoms with E-state index in [1.54, 1.807) is 24.3 Å². The first-order valence-electron chi connectivity index (χ1n) is 8.10. The van der Waals surface area contributed by atoms with Crippen molar-refractivity contribution in [3.63, 3.8) is 0 Å². The summed E-state index contributed by atoms with van der Waals surface area (Å²) in [5.74, 6) is -0.443. The molecule has 0 aromatic heterocycles. The smallest absolute Gasteiger partial charge is 0.339 e. The first-order chi connectivity index (χ1) is 13.4. The molecule has 0 bridgehead atoms. The molecule has 0 aliphatic rings. The van der Waals surface area contributed by atoms with Crippen molar-refractivity contribution in [2.24, 2.45) is 0 Å². The van der Waals surface area contributed by atoms with E-state index in [4.69, 9.17) is 47.0 Å². The minimum absolute atomic E-state index is 0.0353. The van der Waals surface area contributed by atoms with E-state index in [2.05, 4.69) is 16.0 Å².